The zero-order valence-corrected chi connectivity index (χ0v) is 11.0. The molecule has 19 heavy (non-hydrogen) atoms. The van der Waals surface area contributed by atoms with Crippen molar-refractivity contribution in [1.29, 1.82) is 0 Å². The molecule has 0 saturated carbocycles. The molecule has 1 aromatic rings. The van der Waals surface area contributed by atoms with Crippen LogP contribution in [-0.4, -0.2) is 34.8 Å². The lowest BCUT2D eigenvalue weighted by molar-refractivity contribution is -0.122. The van der Waals surface area contributed by atoms with Crippen LogP contribution >= 0.6 is 0 Å². The van der Waals surface area contributed by atoms with Crippen molar-refractivity contribution in [1.82, 2.24) is 15.2 Å². The fraction of sp³-hybridized carbons (Fsp3) is 0.462. The van der Waals surface area contributed by atoms with Gasteiger partial charge in [-0.05, 0) is 19.4 Å². The normalized spacial score (nSPS) is 18.8. The van der Waals surface area contributed by atoms with E-state index in [0.717, 1.165) is 0 Å². The number of Topliss-reactive ketones (excluding diaryl/α,β-unsaturated/α-hetero) is 1. The van der Waals surface area contributed by atoms with Gasteiger partial charge >= 0.3 is 0 Å². The predicted octanol–water partition coefficient (Wildman–Crippen LogP) is 0.236. The second kappa shape index (κ2) is 5.26. The van der Waals surface area contributed by atoms with Crippen LogP contribution < -0.4 is 10.6 Å². The maximum Gasteiger partial charge on any atom is 0.268 e. The van der Waals surface area contributed by atoms with Crippen molar-refractivity contribution in [3.63, 3.8) is 0 Å². The van der Waals surface area contributed by atoms with Crippen LogP contribution in [-0.2, 0) is 11.8 Å². The van der Waals surface area contributed by atoms with Crippen LogP contribution in [0.4, 0.5) is 0 Å². The molecule has 102 valence electrons. The molecule has 1 atom stereocenters. The summed E-state index contributed by atoms with van der Waals surface area (Å²) in [6.07, 6.45) is 2.71. The highest BCUT2D eigenvalue weighted by molar-refractivity contribution is 5.99. The molecule has 0 radical (unpaired) electrons. The van der Waals surface area contributed by atoms with E-state index >= 15 is 0 Å². The number of carbonyl (C=O) groups is 3. The summed E-state index contributed by atoms with van der Waals surface area (Å²) in [5.74, 6) is -0.279. The summed E-state index contributed by atoms with van der Waals surface area (Å²) in [7, 11) is 1.73. The number of aryl methyl sites for hydroxylation is 1. The number of aromatic nitrogens is 1. The van der Waals surface area contributed by atoms with E-state index < -0.39 is 0 Å². The summed E-state index contributed by atoms with van der Waals surface area (Å²) in [5.41, 5.74) is 0.965. The topological polar surface area (TPSA) is 80.2 Å². The number of hydrogen-bond donors (Lipinski definition) is 2. The van der Waals surface area contributed by atoms with Crippen molar-refractivity contribution >= 4 is 17.6 Å². The van der Waals surface area contributed by atoms with Gasteiger partial charge in [0.25, 0.3) is 5.91 Å². The molecule has 1 fully saturated rings. The van der Waals surface area contributed by atoms with Crippen molar-refractivity contribution in [2.45, 2.75) is 25.8 Å². The molecule has 0 aliphatic carbocycles. The van der Waals surface area contributed by atoms with Gasteiger partial charge in [-0.15, -0.1) is 0 Å². The van der Waals surface area contributed by atoms with Crippen molar-refractivity contribution in [3.8, 4) is 0 Å². The van der Waals surface area contributed by atoms with Gasteiger partial charge < -0.3 is 15.2 Å². The Kier molecular flexibility index (Phi) is 3.69. The van der Waals surface area contributed by atoms with E-state index in [9.17, 15) is 14.4 Å². The Morgan fingerprint density at radius 2 is 2.21 bits per heavy atom. The van der Waals surface area contributed by atoms with Crippen molar-refractivity contribution in [3.05, 3.63) is 23.5 Å². The molecule has 0 spiro atoms. The Bertz CT molecular complexity index is 523. The molecule has 2 N–H and O–H groups in total. The minimum Gasteiger partial charge on any atom is -0.354 e. The monoisotopic (exact) mass is 263 g/mol. The number of amides is 2. The maximum absolute atomic E-state index is 12.1. The summed E-state index contributed by atoms with van der Waals surface area (Å²) in [5, 5.41) is 5.58. The van der Waals surface area contributed by atoms with Gasteiger partial charge in [-0.3, -0.25) is 14.4 Å². The van der Waals surface area contributed by atoms with Gasteiger partial charge in [-0.1, -0.05) is 0 Å². The maximum atomic E-state index is 12.1. The zero-order chi connectivity index (χ0) is 14.0. The Morgan fingerprint density at radius 3 is 2.74 bits per heavy atom. The van der Waals surface area contributed by atoms with E-state index in [2.05, 4.69) is 10.6 Å². The molecule has 2 rings (SSSR count). The summed E-state index contributed by atoms with van der Waals surface area (Å²) in [4.78, 5) is 34.4. The molecule has 1 unspecified atom stereocenters. The van der Waals surface area contributed by atoms with Gasteiger partial charge in [-0.2, -0.15) is 0 Å². The molecule has 0 aromatic carbocycles. The van der Waals surface area contributed by atoms with Crippen LogP contribution in [0.3, 0.4) is 0 Å². The van der Waals surface area contributed by atoms with Crippen LogP contribution in [0.15, 0.2) is 12.3 Å². The fourth-order valence-electron chi connectivity index (χ4n) is 2.10. The van der Waals surface area contributed by atoms with Crippen LogP contribution in [0.25, 0.3) is 0 Å². The minimum atomic E-state index is -0.226. The summed E-state index contributed by atoms with van der Waals surface area (Å²) >= 11 is 0. The lowest BCUT2D eigenvalue weighted by Crippen LogP contribution is -2.48. The zero-order valence-electron chi connectivity index (χ0n) is 11.0. The first-order valence-corrected chi connectivity index (χ1v) is 6.22. The quantitative estimate of drug-likeness (QED) is 0.766. The first-order chi connectivity index (χ1) is 8.97. The molecule has 2 heterocycles. The molecule has 0 bridgehead atoms. The number of carbonyl (C=O) groups excluding carboxylic acids is 3. The number of hydrogen-bond acceptors (Lipinski definition) is 3. The van der Waals surface area contributed by atoms with Gasteiger partial charge in [-0.25, -0.2) is 0 Å². The van der Waals surface area contributed by atoms with Crippen LogP contribution in [0.5, 0.6) is 0 Å². The molecule has 2 amide bonds. The van der Waals surface area contributed by atoms with E-state index in [1.807, 2.05) is 0 Å². The summed E-state index contributed by atoms with van der Waals surface area (Å²) < 4.78 is 1.63. The molecule has 6 heteroatoms. The third-order valence-electron chi connectivity index (χ3n) is 3.24. The average Bonchev–Trinajstić information content (AvgIpc) is 2.74. The molecule has 1 saturated heterocycles. The third-order valence-corrected chi connectivity index (χ3v) is 3.24. The fourth-order valence-corrected chi connectivity index (χ4v) is 2.10. The average molecular weight is 263 g/mol. The van der Waals surface area contributed by atoms with Gasteiger partial charge in [0.1, 0.15) is 5.69 Å². The number of piperidine rings is 1. The molecule has 1 aliphatic heterocycles. The highest BCUT2D eigenvalue weighted by atomic mass is 16.2. The summed E-state index contributed by atoms with van der Waals surface area (Å²) in [6, 6.07) is 1.53. The Morgan fingerprint density at radius 1 is 1.47 bits per heavy atom. The Labute approximate surface area is 111 Å². The molecule has 6 nitrogen and oxygen atoms in total. The van der Waals surface area contributed by atoms with E-state index in [4.69, 9.17) is 0 Å². The smallest absolute Gasteiger partial charge is 0.268 e. The van der Waals surface area contributed by atoms with Crippen LogP contribution in [0.1, 0.15) is 40.6 Å². The minimum absolute atomic E-state index is 0.0169. The van der Waals surface area contributed by atoms with Crippen LogP contribution in [0, 0.1) is 0 Å². The molecular formula is C13H17N3O3. The van der Waals surface area contributed by atoms with Gasteiger partial charge in [0.05, 0.1) is 0 Å². The molecular weight excluding hydrogens is 246 g/mol. The third kappa shape index (κ3) is 3.01. The second-order valence-corrected chi connectivity index (χ2v) is 4.79. The van der Waals surface area contributed by atoms with Crippen molar-refractivity contribution < 1.29 is 14.4 Å². The number of ketones is 1. The largest absolute Gasteiger partial charge is 0.354 e. The Hall–Kier alpha value is -2.11. The van der Waals surface area contributed by atoms with Crippen molar-refractivity contribution in [2.24, 2.45) is 7.05 Å². The first kappa shape index (κ1) is 13.3. The highest BCUT2D eigenvalue weighted by Crippen LogP contribution is 2.10. The highest BCUT2D eigenvalue weighted by Gasteiger charge is 2.21. The Balaban J connectivity index is 2.03. The number of nitrogens with zero attached hydrogens (tertiary/aromatic N) is 1. The number of rotatable bonds is 3. The van der Waals surface area contributed by atoms with E-state index in [1.165, 1.54) is 6.92 Å². The standard InChI is InChI=1S/C13H17N3O3/c1-8(17)9-5-11(16(2)7-9)13(19)15-10-3-4-12(18)14-6-10/h5,7,10H,3-4,6H2,1-2H3,(H,14,18)(H,15,19). The molecule has 1 aliphatic rings. The second-order valence-electron chi connectivity index (χ2n) is 4.79. The van der Waals surface area contributed by atoms with Gasteiger partial charge in [0.15, 0.2) is 5.78 Å². The number of nitrogens with one attached hydrogen (secondary N) is 2. The first-order valence-electron chi connectivity index (χ1n) is 6.22. The lowest BCUT2D eigenvalue weighted by atomic mass is 10.1. The summed E-state index contributed by atoms with van der Waals surface area (Å²) in [6.45, 7) is 1.92. The van der Waals surface area contributed by atoms with E-state index in [0.29, 0.717) is 30.6 Å². The van der Waals surface area contributed by atoms with Crippen LogP contribution in [0.2, 0.25) is 0 Å². The van der Waals surface area contributed by atoms with E-state index in [1.54, 1.807) is 23.9 Å². The lowest BCUT2D eigenvalue weighted by Gasteiger charge is -2.23. The van der Waals surface area contributed by atoms with E-state index in [-0.39, 0.29) is 23.6 Å². The SMILES string of the molecule is CC(=O)c1cc(C(=O)NC2CCC(=O)NC2)n(C)c1. The molecule has 1 aromatic heterocycles. The van der Waals surface area contributed by atoms with Crippen molar-refractivity contribution in [2.75, 3.05) is 6.54 Å². The van der Waals surface area contributed by atoms with Gasteiger partial charge in [0.2, 0.25) is 5.91 Å². The predicted molar refractivity (Wildman–Crippen MR) is 68.9 cm³/mol. The van der Waals surface area contributed by atoms with Gasteiger partial charge in [0, 0.05) is 37.8 Å².